The van der Waals surface area contributed by atoms with Gasteiger partial charge in [-0.3, -0.25) is 4.79 Å². The van der Waals surface area contributed by atoms with Gasteiger partial charge in [-0.05, 0) is 18.6 Å². The van der Waals surface area contributed by atoms with E-state index in [0.29, 0.717) is 11.4 Å². The van der Waals surface area contributed by atoms with Crippen LogP contribution in [-0.2, 0) is 4.79 Å². The molecule has 0 aromatic heterocycles. The minimum absolute atomic E-state index is 0.00213. The molecule has 0 aliphatic carbocycles. The van der Waals surface area contributed by atoms with E-state index in [1.807, 2.05) is 26.8 Å². The number of amides is 1. The number of rotatable bonds is 5. The van der Waals surface area contributed by atoms with Gasteiger partial charge in [0, 0.05) is 17.2 Å². The van der Waals surface area contributed by atoms with E-state index in [-0.39, 0.29) is 12.5 Å². The molecule has 1 amide bonds. The fourth-order valence-electron chi connectivity index (χ4n) is 1.24. The fourth-order valence-corrected chi connectivity index (χ4v) is 1.24. The predicted octanol–water partition coefficient (Wildman–Crippen LogP) is 2.96. The first-order chi connectivity index (χ1) is 8.49. The fraction of sp³-hybridized carbons (Fsp3) is 0.429. The molecule has 96 valence electrons. The Labute approximate surface area is 108 Å². The molecule has 0 saturated carbocycles. The Hall–Kier alpha value is -2.02. The molecule has 0 spiro atoms. The van der Waals surface area contributed by atoms with Gasteiger partial charge in [0.1, 0.15) is 11.8 Å². The molecule has 0 aliphatic heterocycles. The number of carbonyl (C=O) groups excluding carboxylic acids is 1. The van der Waals surface area contributed by atoms with Gasteiger partial charge >= 0.3 is 0 Å². The molecule has 4 heteroatoms. The van der Waals surface area contributed by atoms with Crippen LogP contribution < -0.4 is 10.1 Å². The first-order valence-corrected chi connectivity index (χ1v) is 5.91. The van der Waals surface area contributed by atoms with Crippen LogP contribution in [0.1, 0.15) is 27.2 Å². The zero-order valence-electron chi connectivity index (χ0n) is 11.0. The Balaban J connectivity index is 2.74. The van der Waals surface area contributed by atoms with Gasteiger partial charge in [0.2, 0.25) is 5.91 Å². The third kappa shape index (κ3) is 3.77. The molecular weight excluding hydrogens is 228 g/mol. The van der Waals surface area contributed by atoms with Crippen molar-refractivity contribution in [3.05, 3.63) is 24.3 Å². The topological polar surface area (TPSA) is 62.1 Å². The van der Waals surface area contributed by atoms with Gasteiger partial charge in [-0.15, -0.1) is 0 Å². The SMILES string of the molecule is CCC(C)(C)C(=O)Nc1cccc(OCC#N)c1. The summed E-state index contributed by atoms with van der Waals surface area (Å²) in [5.41, 5.74) is 0.278. The van der Waals surface area contributed by atoms with E-state index < -0.39 is 5.41 Å². The van der Waals surface area contributed by atoms with E-state index in [1.165, 1.54) is 0 Å². The van der Waals surface area contributed by atoms with Crippen molar-refractivity contribution < 1.29 is 9.53 Å². The number of benzene rings is 1. The van der Waals surface area contributed by atoms with E-state index in [2.05, 4.69) is 5.32 Å². The van der Waals surface area contributed by atoms with Crippen LogP contribution in [0.5, 0.6) is 5.75 Å². The van der Waals surface area contributed by atoms with Crippen LogP contribution in [0.3, 0.4) is 0 Å². The van der Waals surface area contributed by atoms with Gasteiger partial charge in [-0.25, -0.2) is 0 Å². The lowest BCUT2D eigenvalue weighted by Crippen LogP contribution is -2.29. The summed E-state index contributed by atoms with van der Waals surface area (Å²) in [4.78, 5) is 12.0. The third-order valence-electron chi connectivity index (χ3n) is 2.89. The van der Waals surface area contributed by atoms with E-state index in [1.54, 1.807) is 24.3 Å². The number of carbonyl (C=O) groups is 1. The third-order valence-corrected chi connectivity index (χ3v) is 2.89. The highest BCUT2D eigenvalue weighted by atomic mass is 16.5. The van der Waals surface area contributed by atoms with Crippen LogP contribution >= 0.6 is 0 Å². The summed E-state index contributed by atoms with van der Waals surface area (Å²) in [6.07, 6.45) is 0.767. The van der Waals surface area contributed by atoms with Crippen molar-refractivity contribution in [2.45, 2.75) is 27.2 Å². The van der Waals surface area contributed by atoms with Gasteiger partial charge in [0.05, 0.1) is 0 Å². The molecule has 4 nitrogen and oxygen atoms in total. The quantitative estimate of drug-likeness (QED) is 0.868. The first kappa shape index (κ1) is 14.0. The summed E-state index contributed by atoms with van der Waals surface area (Å²) in [5.74, 6) is 0.547. The Morgan fingerprint density at radius 3 is 2.83 bits per heavy atom. The van der Waals surface area contributed by atoms with Crippen molar-refractivity contribution in [2.24, 2.45) is 5.41 Å². The van der Waals surface area contributed by atoms with E-state index in [4.69, 9.17) is 10.00 Å². The molecule has 0 atom stereocenters. The minimum Gasteiger partial charge on any atom is -0.479 e. The first-order valence-electron chi connectivity index (χ1n) is 5.91. The summed E-state index contributed by atoms with van der Waals surface area (Å²) >= 11 is 0. The Morgan fingerprint density at radius 2 is 2.22 bits per heavy atom. The molecule has 1 rings (SSSR count). The lowest BCUT2D eigenvalue weighted by Gasteiger charge is -2.21. The number of hydrogen-bond acceptors (Lipinski definition) is 3. The number of anilines is 1. The van der Waals surface area contributed by atoms with Gasteiger partial charge in [0.25, 0.3) is 0 Å². The van der Waals surface area contributed by atoms with E-state index >= 15 is 0 Å². The van der Waals surface area contributed by atoms with E-state index in [0.717, 1.165) is 6.42 Å². The summed E-state index contributed by atoms with van der Waals surface area (Å²) in [5, 5.41) is 11.3. The highest BCUT2D eigenvalue weighted by molar-refractivity contribution is 5.94. The molecule has 1 aromatic rings. The second-order valence-corrected chi connectivity index (χ2v) is 4.67. The highest BCUT2D eigenvalue weighted by Gasteiger charge is 2.25. The standard InChI is InChI=1S/C14H18N2O2/c1-4-14(2,3)13(17)16-11-6-5-7-12(10-11)18-9-8-15/h5-7,10H,4,9H2,1-3H3,(H,16,17). The van der Waals surface area contributed by atoms with Gasteiger partial charge in [-0.2, -0.15) is 5.26 Å². The van der Waals surface area contributed by atoms with Gasteiger partial charge in [-0.1, -0.05) is 26.8 Å². The highest BCUT2D eigenvalue weighted by Crippen LogP contribution is 2.24. The van der Waals surface area contributed by atoms with Crippen molar-refractivity contribution in [2.75, 3.05) is 11.9 Å². The lowest BCUT2D eigenvalue weighted by molar-refractivity contribution is -0.124. The Morgan fingerprint density at radius 1 is 1.50 bits per heavy atom. The Kier molecular flexibility index (Phi) is 4.73. The monoisotopic (exact) mass is 246 g/mol. The predicted molar refractivity (Wildman–Crippen MR) is 70.3 cm³/mol. The van der Waals surface area contributed by atoms with Crippen LogP contribution in [-0.4, -0.2) is 12.5 Å². The minimum atomic E-state index is -0.399. The maximum atomic E-state index is 12.0. The molecular formula is C14H18N2O2. The number of nitrogens with zero attached hydrogens (tertiary/aromatic N) is 1. The zero-order chi connectivity index (χ0) is 13.6. The average molecular weight is 246 g/mol. The normalized spacial score (nSPS) is 10.6. The number of nitriles is 1. The van der Waals surface area contributed by atoms with Crippen LogP contribution in [0.4, 0.5) is 5.69 Å². The number of ether oxygens (including phenoxy) is 1. The number of nitrogens with one attached hydrogen (secondary N) is 1. The smallest absolute Gasteiger partial charge is 0.230 e. The number of hydrogen-bond donors (Lipinski definition) is 1. The zero-order valence-corrected chi connectivity index (χ0v) is 11.0. The maximum absolute atomic E-state index is 12.0. The molecule has 0 saturated heterocycles. The lowest BCUT2D eigenvalue weighted by atomic mass is 9.89. The summed E-state index contributed by atoms with van der Waals surface area (Å²) in [7, 11) is 0. The van der Waals surface area contributed by atoms with Crippen molar-refractivity contribution in [3.63, 3.8) is 0 Å². The Bertz CT molecular complexity index is 461. The molecule has 0 radical (unpaired) electrons. The second kappa shape index (κ2) is 6.06. The van der Waals surface area contributed by atoms with Crippen molar-refractivity contribution in [3.8, 4) is 11.8 Å². The second-order valence-electron chi connectivity index (χ2n) is 4.67. The molecule has 0 bridgehead atoms. The van der Waals surface area contributed by atoms with Crippen molar-refractivity contribution in [1.82, 2.24) is 0 Å². The van der Waals surface area contributed by atoms with Gasteiger partial charge < -0.3 is 10.1 Å². The largest absolute Gasteiger partial charge is 0.479 e. The van der Waals surface area contributed by atoms with Crippen molar-refractivity contribution in [1.29, 1.82) is 5.26 Å². The van der Waals surface area contributed by atoms with Gasteiger partial charge in [0.15, 0.2) is 6.61 Å². The van der Waals surface area contributed by atoms with E-state index in [9.17, 15) is 4.79 Å². The molecule has 1 aromatic carbocycles. The molecule has 0 aliphatic rings. The van der Waals surface area contributed by atoms with Crippen molar-refractivity contribution >= 4 is 11.6 Å². The van der Waals surface area contributed by atoms with Crippen LogP contribution in [0.15, 0.2) is 24.3 Å². The van der Waals surface area contributed by atoms with Crippen LogP contribution in [0.2, 0.25) is 0 Å². The van der Waals surface area contributed by atoms with Crippen LogP contribution in [0, 0.1) is 16.7 Å². The summed E-state index contributed by atoms with van der Waals surface area (Å²) in [6, 6.07) is 8.93. The summed E-state index contributed by atoms with van der Waals surface area (Å²) < 4.78 is 5.18. The summed E-state index contributed by atoms with van der Waals surface area (Å²) in [6.45, 7) is 5.78. The van der Waals surface area contributed by atoms with Crippen LogP contribution in [0.25, 0.3) is 0 Å². The molecule has 0 fully saturated rings. The average Bonchev–Trinajstić information content (AvgIpc) is 2.36. The molecule has 0 heterocycles. The molecule has 1 N–H and O–H groups in total. The maximum Gasteiger partial charge on any atom is 0.230 e. The molecule has 0 unspecified atom stereocenters. The molecule has 18 heavy (non-hydrogen) atoms.